The van der Waals surface area contributed by atoms with Crippen molar-refractivity contribution in [2.75, 3.05) is 5.33 Å². The van der Waals surface area contributed by atoms with E-state index in [1.165, 1.54) is 0 Å². The lowest BCUT2D eigenvalue weighted by atomic mass is 9.99. The van der Waals surface area contributed by atoms with Gasteiger partial charge in [0.05, 0.1) is 0 Å². The van der Waals surface area contributed by atoms with Crippen molar-refractivity contribution in [1.82, 2.24) is 0 Å². The summed E-state index contributed by atoms with van der Waals surface area (Å²) >= 11 is 3.00. The molecule has 0 aromatic heterocycles. The molecule has 0 aliphatic rings. The molecule has 0 saturated heterocycles. The lowest BCUT2D eigenvalue weighted by molar-refractivity contribution is -0.0543. The highest BCUT2D eigenvalue weighted by Crippen LogP contribution is 2.30. The van der Waals surface area contributed by atoms with E-state index < -0.39 is 11.8 Å². The molecule has 10 heavy (non-hydrogen) atoms. The van der Waals surface area contributed by atoms with Crippen molar-refractivity contribution in [1.29, 1.82) is 0 Å². The maximum absolute atomic E-state index is 12.8. The van der Waals surface area contributed by atoms with E-state index in [1.54, 1.807) is 13.8 Å². The molecular formula is C7H13BrF2. The first kappa shape index (κ1) is 10.3. The molecule has 0 aliphatic heterocycles. The summed E-state index contributed by atoms with van der Waals surface area (Å²) in [6.07, 6.45) is 0.488. The molecule has 0 rings (SSSR count). The van der Waals surface area contributed by atoms with Crippen molar-refractivity contribution < 1.29 is 8.78 Å². The Hall–Kier alpha value is 0.340. The highest BCUT2D eigenvalue weighted by atomic mass is 79.9. The Morgan fingerprint density at radius 3 is 2.30 bits per heavy atom. The number of alkyl halides is 3. The SMILES string of the molecule is CCC(C)C(F)(F)CCBr. The zero-order valence-corrected chi connectivity index (χ0v) is 7.92. The molecule has 0 bridgehead atoms. The smallest absolute Gasteiger partial charge is 0.207 e. The summed E-state index contributed by atoms with van der Waals surface area (Å²) in [5, 5.41) is 0.379. The van der Waals surface area contributed by atoms with Crippen LogP contribution < -0.4 is 0 Å². The molecule has 0 saturated carbocycles. The molecule has 0 amide bonds. The van der Waals surface area contributed by atoms with E-state index in [1.807, 2.05) is 0 Å². The van der Waals surface area contributed by atoms with Gasteiger partial charge in [-0.1, -0.05) is 29.8 Å². The largest absolute Gasteiger partial charge is 0.251 e. The van der Waals surface area contributed by atoms with E-state index in [0.29, 0.717) is 11.8 Å². The van der Waals surface area contributed by atoms with Crippen LogP contribution in [0.1, 0.15) is 26.7 Å². The highest BCUT2D eigenvalue weighted by molar-refractivity contribution is 9.09. The van der Waals surface area contributed by atoms with E-state index in [9.17, 15) is 8.78 Å². The second-order valence-electron chi connectivity index (χ2n) is 2.51. The second-order valence-corrected chi connectivity index (χ2v) is 3.30. The number of rotatable bonds is 4. The fourth-order valence-corrected chi connectivity index (χ4v) is 1.20. The van der Waals surface area contributed by atoms with Crippen molar-refractivity contribution in [2.24, 2.45) is 5.92 Å². The van der Waals surface area contributed by atoms with Crippen LogP contribution in [0.3, 0.4) is 0 Å². The summed E-state index contributed by atoms with van der Waals surface area (Å²) in [5.41, 5.74) is 0. The molecule has 3 heteroatoms. The first-order valence-electron chi connectivity index (χ1n) is 3.48. The van der Waals surface area contributed by atoms with Crippen molar-refractivity contribution in [3.05, 3.63) is 0 Å². The molecule has 0 aliphatic carbocycles. The topological polar surface area (TPSA) is 0 Å². The minimum atomic E-state index is -2.49. The fraction of sp³-hybridized carbons (Fsp3) is 1.00. The van der Waals surface area contributed by atoms with Crippen LogP contribution in [0, 0.1) is 5.92 Å². The molecule has 0 nitrogen and oxygen atoms in total. The average Bonchev–Trinajstić information content (AvgIpc) is 1.86. The minimum absolute atomic E-state index is 0.0536. The first-order chi connectivity index (χ1) is 4.54. The zero-order chi connectivity index (χ0) is 8.20. The Kier molecular flexibility index (Phi) is 4.41. The molecule has 0 aromatic rings. The third-order valence-electron chi connectivity index (χ3n) is 1.76. The quantitative estimate of drug-likeness (QED) is 0.630. The molecule has 0 radical (unpaired) electrons. The standard InChI is InChI=1S/C7H13BrF2/c1-3-6(2)7(9,10)4-5-8/h6H,3-5H2,1-2H3. The Bertz CT molecular complexity index is 93.6. The van der Waals surface area contributed by atoms with Gasteiger partial charge in [-0.3, -0.25) is 0 Å². The molecule has 0 fully saturated rings. The molecule has 0 heterocycles. The van der Waals surface area contributed by atoms with Crippen molar-refractivity contribution >= 4 is 15.9 Å². The summed E-state index contributed by atoms with van der Waals surface area (Å²) in [4.78, 5) is 0. The second kappa shape index (κ2) is 4.27. The number of hydrogen-bond donors (Lipinski definition) is 0. The summed E-state index contributed by atoms with van der Waals surface area (Å²) < 4.78 is 25.6. The van der Waals surface area contributed by atoms with Crippen molar-refractivity contribution in [3.8, 4) is 0 Å². The Morgan fingerprint density at radius 1 is 1.50 bits per heavy atom. The minimum Gasteiger partial charge on any atom is -0.207 e. The van der Waals surface area contributed by atoms with Crippen LogP contribution in [0.25, 0.3) is 0 Å². The summed E-state index contributed by atoms with van der Waals surface area (Å²) in [6, 6.07) is 0. The van der Waals surface area contributed by atoms with Gasteiger partial charge < -0.3 is 0 Å². The summed E-state index contributed by atoms with van der Waals surface area (Å²) in [6.45, 7) is 3.37. The Labute approximate surface area is 69.1 Å². The van der Waals surface area contributed by atoms with E-state index in [-0.39, 0.29) is 6.42 Å². The maximum atomic E-state index is 12.8. The van der Waals surface area contributed by atoms with Crippen LogP contribution >= 0.6 is 15.9 Å². The molecular weight excluding hydrogens is 202 g/mol. The number of hydrogen-bond acceptors (Lipinski definition) is 0. The van der Waals surface area contributed by atoms with Crippen LogP contribution in [-0.4, -0.2) is 11.3 Å². The van der Waals surface area contributed by atoms with E-state index in [4.69, 9.17) is 0 Å². The van der Waals surface area contributed by atoms with E-state index in [2.05, 4.69) is 15.9 Å². The van der Waals surface area contributed by atoms with Gasteiger partial charge in [0.15, 0.2) is 0 Å². The van der Waals surface area contributed by atoms with Gasteiger partial charge in [0, 0.05) is 17.7 Å². The molecule has 62 valence electrons. The van der Waals surface area contributed by atoms with Crippen LogP contribution in [0.15, 0.2) is 0 Å². The predicted molar refractivity (Wildman–Crippen MR) is 42.8 cm³/mol. The predicted octanol–water partition coefficient (Wildman–Crippen LogP) is 3.45. The van der Waals surface area contributed by atoms with Gasteiger partial charge in [-0.05, 0) is 6.42 Å². The summed E-state index contributed by atoms with van der Waals surface area (Å²) in [7, 11) is 0. The lowest BCUT2D eigenvalue weighted by Gasteiger charge is -2.21. The van der Waals surface area contributed by atoms with E-state index >= 15 is 0 Å². The van der Waals surface area contributed by atoms with Crippen molar-refractivity contribution in [3.63, 3.8) is 0 Å². The monoisotopic (exact) mass is 214 g/mol. The number of halogens is 3. The average molecular weight is 215 g/mol. The van der Waals surface area contributed by atoms with Crippen LogP contribution in [0.5, 0.6) is 0 Å². The van der Waals surface area contributed by atoms with Gasteiger partial charge in [0.2, 0.25) is 0 Å². The normalized spacial score (nSPS) is 15.3. The Morgan fingerprint density at radius 2 is 2.00 bits per heavy atom. The highest BCUT2D eigenvalue weighted by Gasteiger charge is 2.33. The Balaban J connectivity index is 3.82. The lowest BCUT2D eigenvalue weighted by Crippen LogP contribution is -2.25. The summed E-state index contributed by atoms with van der Waals surface area (Å²) in [5.74, 6) is -2.98. The maximum Gasteiger partial charge on any atom is 0.251 e. The zero-order valence-electron chi connectivity index (χ0n) is 6.33. The van der Waals surface area contributed by atoms with Gasteiger partial charge in [-0.25, -0.2) is 8.78 Å². The van der Waals surface area contributed by atoms with Gasteiger partial charge in [-0.15, -0.1) is 0 Å². The van der Waals surface area contributed by atoms with Gasteiger partial charge >= 0.3 is 0 Å². The van der Waals surface area contributed by atoms with Crippen molar-refractivity contribution in [2.45, 2.75) is 32.6 Å². The molecule has 1 unspecified atom stereocenters. The molecule has 0 aromatic carbocycles. The van der Waals surface area contributed by atoms with Gasteiger partial charge in [0.1, 0.15) is 0 Å². The van der Waals surface area contributed by atoms with Crippen LogP contribution in [0.2, 0.25) is 0 Å². The third kappa shape index (κ3) is 2.95. The molecule has 1 atom stereocenters. The molecule has 0 spiro atoms. The van der Waals surface area contributed by atoms with Gasteiger partial charge in [0.25, 0.3) is 5.92 Å². The first-order valence-corrected chi connectivity index (χ1v) is 4.60. The van der Waals surface area contributed by atoms with Crippen LogP contribution in [0.4, 0.5) is 8.78 Å². The third-order valence-corrected chi connectivity index (χ3v) is 2.16. The molecule has 0 N–H and O–H groups in total. The van der Waals surface area contributed by atoms with Gasteiger partial charge in [-0.2, -0.15) is 0 Å². The fourth-order valence-electron chi connectivity index (χ4n) is 0.671. The van der Waals surface area contributed by atoms with E-state index in [0.717, 1.165) is 0 Å². The van der Waals surface area contributed by atoms with Crippen LogP contribution in [-0.2, 0) is 0 Å².